The Balaban J connectivity index is 3.88. The lowest BCUT2D eigenvalue weighted by molar-refractivity contribution is -0.133. The van der Waals surface area contributed by atoms with Crippen LogP contribution in [0.1, 0.15) is 0 Å². The molecule has 0 fully saturated rings. The van der Waals surface area contributed by atoms with E-state index in [2.05, 4.69) is 25.3 Å². The third-order valence-corrected chi connectivity index (χ3v) is 1.68. The zero-order chi connectivity index (χ0) is 7.65. The second-order valence-electron chi connectivity index (χ2n) is 1.36. The molecular weight excluding hydrogens is 176 g/mol. The molecule has 0 aliphatic rings. The number of halogens is 4. The lowest BCUT2D eigenvalue weighted by atomic mass is 10.4. The summed E-state index contributed by atoms with van der Waals surface area (Å²) in [7, 11) is 0. The van der Waals surface area contributed by atoms with E-state index in [-0.39, 0.29) is 0 Å². The molecule has 0 saturated heterocycles. The summed E-state index contributed by atoms with van der Waals surface area (Å²) in [6.07, 6.45) is -4.61. The molecule has 0 radical (unpaired) electrons. The first-order valence-electron chi connectivity index (χ1n) is 1.92. The van der Waals surface area contributed by atoms with Gasteiger partial charge in [0.2, 0.25) is 0 Å². The van der Waals surface area contributed by atoms with Crippen molar-refractivity contribution in [2.75, 3.05) is 0 Å². The van der Waals surface area contributed by atoms with Crippen molar-refractivity contribution in [3.05, 3.63) is 0 Å². The van der Waals surface area contributed by atoms with E-state index in [0.717, 1.165) is 0 Å². The first-order chi connectivity index (χ1) is 3.85. The number of hydrogen-bond acceptors (Lipinski definition) is 2. The fourth-order valence-electron chi connectivity index (χ4n) is 0.156. The summed E-state index contributed by atoms with van der Waals surface area (Å²) in [5, 5.41) is -2.29. The van der Waals surface area contributed by atoms with Gasteiger partial charge in [0.15, 0.2) is 5.50 Å². The van der Waals surface area contributed by atoms with E-state index in [9.17, 15) is 17.6 Å². The van der Waals surface area contributed by atoms with Gasteiger partial charge in [-0.3, -0.25) is 0 Å². The maximum absolute atomic E-state index is 11.7. The van der Waals surface area contributed by atoms with E-state index in [1.54, 1.807) is 0 Å². The molecular formula is C3H4F4S2. The first-order valence-corrected chi connectivity index (χ1v) is 2.96. The van der Waals surface area contributed by atoms with E-state index in [1.165, 1.54) is 0 Å². The van der Waals surface area contributed by atoms with Gasteiger partial charge in [-0.25, -0.2) is 4.39 Å². The molecule has 56 valence electrons. The summed E-state index contributed by atoms with van der Waals surface area (Å²) < 4.78 is 45.7. The van der Waals surface area contributed by atoms with Gasteiger partial charge in [0, 0.05) is 0 Å². The van der Waals surface area contributed by atoms with E-state index < -0.39 is 16.9 Å². The molecule has 0 saturated carbocycles. The lowest BCUT2D eigenvalue weighted by Gasteiger charge is -2.14. The molecule has 6 heteroatoms. The highest BCUT2D eigenvalue weighted by Crippen LogP contribution is 2.29. The van der Waals surface area contributed by atoms with Crippen LogP contribution in [-0.2, 0) is 0 Å². The summed E-state index contributed by atoms with van der Waals surface area (Å²) in [6.45, 7) is 0. The van der Waals surface area contributed by atoms with Crippen LogP contribution >= 0.6 is 25.3 Å². The highest BCUT2D eigenvalue weighted by atomic mass is 32.1. The van der Waals surface area contributed by atoms with Crippen molar-refractivity contribution in [1.82, 2.24) is 0 Å². The highest BCUT2D eigenvalue weighted by molar-refractivity contribution is 7.85. The van der Waals surface area contributed by atoms with E-state index in [1.807, 2.05) is 0 Å². The molecule has 0 aliphatic carbocycles. The smallest absolute Gasteiger partial charge is 0.234 e. The number of alkyl halides is 4. The van der Waals surface area contributed by atoms with Crippen LogP contribution < -0.4 is 0 Å². The van der Waals surface area contributed by atoms with Crippen LogP contribution in [0.4, 0.5) is 17.6 Å². The van der Waals surface area contributed by atoms with Gasteiger partial charge in [-0.2, -0.15) is 25.8 Å². The van der Waals surface area contributed by atoms with Crippen molar-refractivity contribution in [2.24, 2.45) is 0 Å². The Morgan fingerprint density at radius 3 is 1.44 bits per heavy atom. The third kappa shape index (κ3) is 3.20. The Kier molecular flexibility index (Phi) is 3.15. The SMILES string of the molecule is FC(S)C(S)C(F)(F)F. The summed E-state index contributed by atoms with van der Waals surface area (Å²) in [6, 6.07) is 0. The second kappa shape index (κ2) is 3.01. The third-order valence-electron chi connectivity index (χ3n) is 0.596. The number of hydrogen-bond donors (Lipinski definition) is 2. The van der Waals surface area contributed by atoms with Crippen molar-refractivity contribution in [3.63, 3.8) is 0 Å². The van der Waals surface area contributed by atoms with E-state index in [0.29, 0.717) is 0 Å². The maximum atomic E-state index is 11.7. The quantitative estimate of drug-likeness (QED) is 0.448. The molecule has 0 heterocycles. The van der Waals surface area contributed by atoms with Crippen LogP contribution in [0.2, 0.25) is 0 Å². The zero-order valence-electron chi connectivity index (χ0n) is 4.06. The average Bonchev–Trinajstić information content (AvgIpc) is 1.62. The van der Waals surface area contributed by atoms with Gasteiger partial charge >= 0.3 is 6.18 Å². The van der Waals surface area contributed by atoms with Crippen LogP contribution in [0.25, 0.3) is 0 Å². The molecule has 0 aliphatic heterocycles. The fourth-order valence-corrected chi connectivity index (χ4v) is 0.325. The summed E-state index contributed by atoms with van der Waals surface area (Å²) >= 11 is 5.85. The van der Waals surface area contributed by atoms with Gasteiger partial charge in [-0.05, 0) is 0 Å². The Bertz CT molecular complexity index is 88.3. The number of rotatable bonds is 1. The second-order valence-corrected chi connectivity index (χ2v) is 2.41. The van der Waals surface area contributed by atoms with Gasteiger partial charge in [-0.1, -0.05) is 0 Å². The average molecular weight is 180 g/mol. The maximum Gasteiger partial charge on any atom is 0.403 e. The van der Waals surface area contributed by atoms with Crippen LogP contribution in [-0.4, -0.2) is 16.9 Å². The minimum Gasteiger partial charge on any atom is -0.234 e. The Morgan fingerprint density at radius 2 is 1.44 bits per heavy atom. The molecule has 0 aromatic carbocycles. The van der Waals surface area contributed by atoms with Crippen molar-refractivity contribution < 1.29 is 17.6 Å². The van der Waals surface area contributed by atoms with Gasteiger partial charge in [-0.15, -0.1) is 12.6 Å². The summed E-state index contributed by atoms with van der Waals surface area (Å²) in [5.74, 6) is 0. The molecule has 2 unspecified atom stereocenters. The molecule has 0 aromatic rings. The largest absolute Gasteiger partial charge is 0.403 e. The van der Waals surface area contributed by atoms with Crippen LogP contribution in [0.15, 0.2) is 0 Å². The molecule has 0 N–H and O–H groups in total. The van der Waals surface area contributed by atoms with Crippen LogP contribution in [0.3, 0.4) is 0 Å². The molecule has 0 spiro atoms. The highest BCUT2D eigenvalue weighted by Gasteiger charge is 2.41. The fraction of sp³-hybridized carbons (Fsp3) is 1.00. The van der Waals surface area contributed by atoms with Crippen molar-refractivity contribution >= 4 is 25.3 Å². The monoisotopic (exact) mass is 180 g/mol. The van der Waals surface area contributed by atoms with Gasteiger partial charge in [0.1, 0.15) is 5.25 Å². The number of thiol groups is 2. The Hall–Kier alpha value is 0.420. The van der Waals surface area contributed by atoms with E-state index in [4.69, 9.17) is 0 Å². The van der Waals surface area contributed by atoms with Gasteiger partial charge in [0.05, 0.1) is 0 Å². The summed E-state index contributed by atoms with van der Waals surface area (Å²) in [5.41, 5.74) is -2.26. The molecule has 9 heavy (non-hydrogen) atoms. The van der Waals surface area contributed by atoms with Crippen molar-refractivity contribution in [3.8, 4) is 0 Å². The predicted octanol–water partition coefficient (Wildman–Crippen LogP) is 2.07. The minimum absolute atomic E-state index is 2.26. The van der Waals surface area contributed by atoms with Crippen molar-refractivity contribution in [1.29, 1.82) is 0 Å². The Labute approximate surface area is 60.4 Å². The van der Waals surface area contributed by atoms with Gasteiger partial charge in [0.25, 0.3) is 0 Å². The van der Waals surface area contributed by atoms with Gasteiger partial charge < -0.3 is 0 Å². The molecule has 0 rings (SSSR count). The molecule has 0 amide bonds. The topological polar surface area (TPSA) is 0 Å². The predicted molar refractivity (Wildman–Crippen MR) is 32.7 cm³/mol. The standard InChI is InChI=1S/C3H4F4S2/c4-2(9)1(8)3(5,6)7/h1-2,8-9H. The molecule has 0 aromatic heterocycles. The minimum atomic E-state index is -4.61. The van der Waals surface area contributed by atoms with E-state index >= 15 is 0 Å². The lowest BCUT2D eigenvalue weighted by Crippen LogP contribution is -2.29. The molecule has 2 atom stereocenters. The van der Waals surface area contributed by atoms with Crippen LogP contribution in [0, 0.1) is 0 Å². The normalized spacial score (nSPS) is 19.3. The Morgan fingerprint density at radius 1 is 1.11 bits per heavy atom. The summed E-state index contributed by atoms with van der Waals surface area (Å²) in [4.78, 5) is 0. The molecule has 0 bridgehead atoms. The molecule has 0 nitrogen and oxygen atoms in total. The van der Waals surface area contributed by atoms with Crippen molar-refractivity contribution in [2.45, 2.75) is 16.9 Å². The zero-order valence-corrected chi connectivity index (χ0v) is 5.85. The van der Waals surface area contributed by atoms with Crippen LogP contribution in [0.5, 0.6) is 0 Å². The first kappa shape index (κ1) is 9.42.